The lowest BCUT2D eigenvalue weighted by Crippen LogP contribution is -2.33. The highest BCUT2D eigenvalue weighted by Crippen LogP contribution is 2.27. The number of allylic oxidation sites excluding steroid dienone is 1. The van der Waals surface area contributed by atoms with Crippen LogP contribution in [0, 0.1) is 0 Å². The van der Waals surface area contributed by atoms with E-state index in [9.17, 15) is 9.00 Å². The molecule has 0 spiro atoms. The number of carbonyl (C=O) groups excluding carboxylic acids is 1. The summed E-state index contributed by atoms with van der Waals surface area (Å²) in [6.45, 7) is 7.97. The molecule has 1 N–H and O–H groups in total. The molecule has 4 nitrogen and oxygen atoms in total. The lowest BCUT2D eigenvalue weighted by molar-refractivity contribution is 0.0526. The molecule has 0 aliphatic heterocycles. The molecule has 0 saturated heterocycles. The predicted octanol–water partition coefficient (Wildman–Crippen LogP) is 3.20. The fourth-order valence-electron chi connectivity index (χ4n) is 2.24. The Morgan fingerprint density at radius 3 is 2.73 bits per heavy atom. The number of aryl methyl sites for hydroxylation is 1. The van der Waals surface area contributed by atoms with Crippen molar-refractivity contribution in [1.29, 1.82) is 0 Å². The van der Waals surface area contributed by atoms with E-state index in [1.54, 1.807) is 13.0 Å². The Morgan fingerprint density at radius 1 is 1.36 bits per heavy atom. The standard InChI is InChI=1S/C17H23NO3S/c1-5-21-16(19)13-9-10-14-12(11-13)7-6-8-15(14)18-22(20)17(2,3)4/h8-11,18H,5-7H2,1-4H3. The van der Waals surface area contributed by atoms with Gasteiger partial charge in [-0.15, -0.1) is 0 Å². The van der Waals surface area contributed by atoms with Gasteiger partial charge in [-0.2, -0.15) is 0 Å². The van der Waals surface area contributed by atoms with Crippen LogP contribution in [0.3, 0.4) is 0 Å². The van der Waals surface area contributed by atoms with Crippen LogP contribution in [0.1, 0.15) is 55.6 Å². The van der Waals surface area contributed by atoms with E-state index < -0.39 is 11.0 Å². The third kappa shape index (κ3) is 3.77. The quantitative estimate of drug-likeness (QED) is 0.867. The summed E-state index contributed by atoms with van der Waals surface area (Å²) in [7, 11) is -1.17. The maximum Gasteiger partial charge on any atom is 0.338 e. The second-order valence-corrected chi connectivity index (χ2v) is 8.20. The SMILES string of the molecule is CCOC(=O)c1ccc2c(c1)CCC=C2NS(=O)C(C)(C)C. The molecule has 0 aromatic heterocycles. The zero-order chi connectivity index (χ0) is 16.3. The molecule has 1 aliphatic carbocycles. The van der Waals surface area contributed by atoms with Crippen molar-refractivity contribution in [2.24, 2.45) is 0 Å². The van der Waals surface area contributed by atoms with Crippen molar-refractivity contribution in [1.82, 2.24) is 4.72 Å². The van der Waals surface area contributed by atoms with Gasteiger partial charge in [-0.25, -0.2) is 9.00 Å². The minimum Gasteiger partial charge on any atom is -0.462 e. The van der Waals surface area contributed by atoms with Crippen molar-refractivity contribution in [3.05, 3.63) is 41.0 Å². The lowest BCUT2D eigenvalue weighted by atomic mass is 9.93. The molecule has 1 unspecified atom stereocenters. The molecule has 0 bridgehead atoms. The summed E-state index contributed by atoms with van der Waals surface area (Å²) in [6.07, 6.45) is 3.80. The Kier molecular flexibility index (Phi) is 5.06. The number of rotatable bonds is 4. The van der Waals surface area contributed by atoms with Gasteiger partial charge in [0.15, 0.2) is 0 Å². The van der Waals surface area contributed by atoms with Crippen LogP contribution in [0.5, 0.6) is 0 Å². The third-order valence-corrected chi connectivity index (χ3v) is 4.95. The van der Waals surface area contributed by atoms with E-state index >= 15 is 0 Å². The molecule has 2 rings (SSSR count). The first kappa shape index (κ1) is 16.7. The second-order valence-electron chi connectivity index (χ2n) is 6.23. The molecule has 0 heterocycles. The highest BCUT2D eigenvalue weighted by atomic mass is 32.2. The average Bonchev–Trinajstić information content (AvgIpc) is 2.46. The van der Waals surface area contributed by atoms with Crippen LogP contribution in [-0.4, -0.2) is 21.5 Å². The average molecular weight is 321 g/mol. The van der Waals surface area contributed by atoms with Crippen molar-refractivity contribution in [2.75, 3.05) is 6.61 Å². The highest BCUT2D eigenvalue weighted by Gasteiger charge is 2.23. The number of benzene rings is 1. The van der Waals surface area contributed by atoms with E-state index in [4.69, 9.17) is 4.74 Å². The third-order valence-electron chi connectivity index (χ3n) is 3.43. The van der Waals surface area contributed by atoms with E-state index in [1.165, 1.54) is 0 Å². The largest absolute Gasteiger partial charge is 0.462 e. The molecule has 1 aromatic carbocycles. The zero-order valence-electron chi connectivity index (χ0n) is 13.6. The monoisotopic (exact) mass is 321 g/mol. The molecule has 0 radical (unpaired) electrons. The van der Waals surface area contributed by atoms with Gasteiger partial charge < -0.3 is 9.46 Å². The smallest absolute Gasteiger partial charge is 0.338 e. The van der Waals surface area contributed by atoms with Crippen LogP contribution in [0.2, 0.25) is 0 Å². The molecular weight excluding hydrogens is 298 g/mol. The zero-order valence-corrected chi connectivity index (χ0v) is 14.4. The molecule has 0 amide bonds. The van der Waals surface area contributed by atoms with Crippen molar-refractivity contribution < 1.29 is 13.7 Å². The summed E-state index contributed by atoms with van der Waals surface area (Å²) in [4.78, 5) is 11.8. The fourth-order valence-corrected chi connectivity index (χ4v) is 2.94. The Balaban J connectivity index is 2.25. The van der Waals surface area contributed by atoms with E-state index in [1.807, 2.05) is 32.9 Å². The van der Waals surface area contributed by atoms with Gasteiger partial charge in [-0.05, 0) is 58.2 Å². The van der Waals surface area contributed by atoms with E-state index in [0.717, 1.165) is 29.7 Å². The summed E-state index contributed by atoms with van der Waals surface area (Å²) in [5.41, 5.74) is 3.54. The van der Waals surface area contributed by atoms with Gasteiger partial charge in [0, 0.05) is 11.3 Å². The first-order chi connectivity index (χ1) is 10.3. The van der Waals surface area contributed by atoms with Crippen LogP contribution in [0.4, 0.5) is 0 Å². The number of fused-ring (bicyclic) bond motifs is 1. The molecule has 22 heavy (non-hydrogen) atoms. The fraction of sp³-hybridized carbons (Fsp3) is 0.471. The van der Waals surface area contributed by atoms with Crippen molar-refractivity contribution in [3.63, 3.8) is 0 Å². The Hall–Kier alpha value is -1.62. The first-order valence-electron chi connectivity index (χ1n) is 7.52. The van der Waals surface area contributed by atoms with Gasteiger partial charge >= 0.3 is 5.97 Å². The van der Waals surface area contributed by atoms with Crippen molar-refractivity contribution in [3.8, 4) is 0 Å². The van der Waals surface area contributed by atoms with Gasteiger partial charge in [-0.3, -0.25) is 0 Å². The molecule has 1 atom stereocenters. The molecular formula is C17H23NO3S. The van der Waals surface area contributed by atoms with Gasteiger partial charge in [0.2, 0.25) is 0 Å². The van der Waals surface area contributed by atoms with E-state index in [-0.39, 0.29) is 10.7 Å². The van der Waals surface area contributed by atoms with Crippen molar-refractivity contribution in [2.45, 2.75) is 45.3 Å². The summed E-state index contributed by atoms with van der Waals surface area (Å²) < 4.78 is 20.1. The van der Waals surface area contributed by atoms with Gasteiger partial charge in [0.05, 0.1) is 16.9 Å². The molecule has 5 heteroatoms. The van der Waals surface area contributed by atoms with Gasteiger partial charge in [0.25, 0.3) is 0 Å². The first-order valence-corrected chi connectivity index (χ1v) is 8.67. The van der Waals surface area contributed by atoms with Gasteiger partial charge in [-0.1, -0.05) is 12.1 Å². The Bertz CT molecular complexity index is 629. The molecule has 0 fully saturated rings. The maximum atomic E-state index is 12.3. The predicted molar refractivity (Wildman–Crippen MR) is 89.7 cm³/mol. The summed E-state index contributed by atoms with van der Waals surface area (Å²) >= 11 is 0. The van der Waals surface area contributed by atoms with Crippen LogP contribution >= 0.6 is 0 Å². The minimum atomic E-state index is -1.17. The number of ether oxygens (including phenoxy) is 1. The highest BCUT2D eigenvalue weighted by molar-refractivity contribution is 7.84. The van der Waals surface area contributed by atoms with E-state index in [2.05, 4.69) is 10.8 Å². The number of nitrogens with one attached hydrogen (secondary N) is 1. The summed E-state index contributed by atoms with van der Waals surface area (Å²) in [5, 5.41) is 0. The second kappa shape index (κ2) is 6.65. The Morgan fingerprint density at radius 2 is 2.09 bits per heavy atom. The number of carbonyl (C=O) groups is 1. The Labute approximate surface area is 134 Å². The van der Waals surface area contributed by atoms with Gasteiger partial charge in [0.1, 0.15) is 11.0 Å². The lowest BCUT2D eigenvalue weighted by Gasteiger charge is -2.24. The maximum absolute atomic E-state index is 12.3. The molecule has 1 aliphatic rings. The summed E-state index contributed by atoms with van der Waals surface area (Å²) in [5.74, 6) is -0.298. The summed E-state index contributed by atoms with van der Waals surface area (Å²) in [6, 6.07) is 5.54. The topological polar surface area (TPSA) is 55.4 Å². The van der Waals surface area contributed by atoms with E-state index in [0.29, 0.717) is 12.2 Å². The normalized spacial score (nSPS) is 15.5. The minimum absolute atomic E-state index is 0.298. The number of esters is 1. The van der Waals surface area contributed by atoms with Crippen LogP contribution in [0.15, 0.2) is 24.3 Å². The molecule has 120 valence electrons. The van der Waals surface area contributed by atoms with Crippen molar-refractivity contribution >= 4 is 22.7 Å². The molecule has 0 saturated carbocycles. The number of hydrogen-bond acceptors (Lipinski definition) is 3. The number of hydrogen-bond donors (Lipinski definition) is 1. The van der Waals surface area contributed by atoms with Crippen LogP contribution < -0.4 is 4.72 Å². The van der Waals surface area contributed by atoms with Crippen LogP contribution in [0.25, 0.3) is 5.70 Å². The van der Waals surface area contributed by atoms with Crippen LogP contribution in [-0.2, 0) is 22.1 Å². The molecule has 1 aromatic rings.